The lowest BCUT2D eigenvalue weighted by atomic mass is 9.86. The minimum Gasteiger partial charge on any atom is -0.389 e. The Bertz CT molecular complexity index is 270. The summed E-state index contributed by atoms with van der Waals surface area (Å²) in [5.74, 6) is 2.56. The predicted molar refractivity (Wildman–Crippen MR) is 67.1 cm³/mol. The van der Waals surface area contributed by atoms with Crippen molar-refractivity contribution in [2.75, 3.05) is 5.75 Å². The molecule has 2 saturated carbocycles. The Labute approximate surface area is 97.3 Å². The van der Waals surface area contributed by atoms with Gasteiger partial charge in [0.2, 0.25) is 0 Å². The molecule has 0 bridgehead atoms. The van der Waals surface area contributed by atoms with E-state index in [0.717, 1.165) is 24.0 Å². The lowest BCUT2D eigenvalue weighted by Crippen LogP contribution is -2.41. The van der Waals surface area contributed by atoms with Gasteiger partial charge in [0.1, 0.15) is 0 Å². The highest BCUT2D eigenvalue weighted by Gasteiger charge is 2.63. The summed E-state index contributed by atoms with van der Waals surface area (Å²) in [6.45, 7) is 10.5. The molecule has 86 valence electrons. The Morgan fingerprint density at radius 2 is 2.07 bits per heavy atom. The van der Waals surface area contributed by atoms with Crippen LogP contribution in [0, 0.1) is 17.3 Å². The molecule has 4 atom stereocenters. The molecule has 0 unspecified atom stereocenters. The molecule has 0 heterocycles. The standard InChI is InChI=1S/C13H22OS/c1-5-6-15-11-7-9-10(12(9,2)3)8-13(11,4)14/h5,9-11,14H,1,6-8H2,2-4H3/t9-,10+,11+,13+/m1/s1. The molecule has 2 fully saturated rings. The van der Waals surface area contributed by atoms with Crippen LogP contribution in [0.3, 0.4) is 0 Å². The van der Waals surface area contributed by atoms with Gasteiger partial charge in [-0.1, -0.05) is 19.9 Å². The molecule has 15 heavy (non-hydrogen) atoms. The largest absolute Gasteiger partial charge is 0.389 e. The van der Waals surface area contributed by atoms with E-state index >= 15 is 0 Å². The maximum atomic E-state index is 10.4. The van der Waals surface area contributed by atoms with Crippen LogP contribution in [0.25, 0.3) is 0 Å². The van der Waals surface area contributed by atoms with Gasteiger partial charge < -0.3 is 5.11 Å². The molecule has 0 aromatic carbocycles. The summed E-state index contributed by atoms with van der Waals surface area (Å²) in [4.78, 5) is 0. The molecule has 0 aromatic heterocycles. The van der Waals surface area contributed by atoms with E-state index in [-0.39, 0.29) is 0 Å². The molecule has 2 aliphatic rings. The van der Waals surface area contributed by atoms with Crippen LogP contribution in [-0.4, -0.2) is 21.7 Å². The molecule has 0 aromatic rings. The van der Waals surface area contributed by atoms with E-state index in [1.54, 1.807) is 0 Å². The first kappa shape index (κ1) is 11.5. The van der Waals surface area contributed by atoms with Crippen molar-refractivity contribution in [1.29, 1.82) is 0 Å². The van der Waals surface area contributed by atoms with Gasteiger partial charge in [0.15, 0.2) is 0 Å². The van der Waals surface area contributed by atoms with Gasteiger partial charge >= 0.3 is 0 Å². The predicted octanol–water partition coefficient (Wildman–Crippen LogP) is 3.09. The summed E-state index contributed by atoms with van der Waals surface area (Å²) in [6, 6.07) is 0. The second-order valence-electron chi connectivity index (χ2n) is 5.94. The summed E-state index contributed by atoms with van der Waals surface area (Å²) in [5, 5.41) is 10.8. The molecule has 0 amide bonds. The quantitative estimate of drug-likeness (QED) is 0.746. The van der Waals surface area contributed by atoms with Gasteiger partial charge in [-0.25, -0.2) is 0 Å². The first-order valence-corrected chi connectivity index (χ1v) is 6.89. The van der Waals surface area contributed by atoms with E-state index in [1.165, 1.54) is 6.42 Å². The number of hydrogen-bond donors (Lipinski definition) is 1. The van der Waals surface area contributed by atoms with Crippen LogP contribution in [0.15, 0.2) is 12.7 Å². The Morgan fingerprint density at radius 1 is 1.40 bits per heavy atom. The Hall–Kier alpha value is 0.0500. The summed E-state index contributed by atoms with van der Waals surface area (Å²) in [5.41, 5.74) is 0.0100. The van der Waals surface area contributed by atoms with Crippen molar-refractivity contribution in [3.05, 3.63) is 12.7 Å². The smallest absolute Gasteiger partial charge is 0.0741 e. The SMILES string of the molecule is C=CCS[C@H]1C[C@@H]2[C@H](C[C@]1(C)O)C2(C)C. The van der Waals surface area contributed by atoms with Gasteiger partial charge in [0.05, 0.1) is 5.60 Å². The van der Waals surface area contributed by atoms with E-state index in [2.05, 4.69) is 20.4 Å². The second kappa shape index (κ2) is 3.53. The lowest BCUT2D eigenvalue weighted by molar-refractivity contribution is 0.0245. The molecule has 2 rings (SSSR count). The average molecular weight is 226 g/mol. The third-order valence-corrected chi connectivity index (χ3v) is 6.03. The maximum absolute atomic E-state index is 10.4. The summed E-state index contributed by atoms with van der Waals surface area (Å²) in [7, 11) is 0. The monoisotopic (exact) mass is 226 g/mol. The van der Waals surface area contributed by atoms with E-state index < -0.39 is 5.60 Å². The molecule has 0 spiro atoms. The van der Waals surface area contributed by atoms with Crippen molar-refractivity contribution in [2.45, 2.75) is 44.5 Å². The van der Waals surface area contributed by atoms with Crippen molar-refractivity contribution in [2.24, 2.45) is 17.3 Å². The van der Waals surface area contributed by atoms with E-state index in [4.69, 9.17) is 0 Å². The Kier molecular flexibility index (Phi) is 2.71. The fraction of sp³-hybridized carbons (Fsp3) is 0.846. The van der Waals surface area contributed by atoms with Crippen LogP contribution < -0.4 is 0 Å². The maximum Gasteiger partial charge on any atom is 0.0741 e. The third-order valence-electron chi connectivity index (χ3n) is 4.50. The highest BCUT2D eigenvalue weighted by Crippen LogP contribution is 2.67. The number of fused-ring (bicyclic) bond motifs is 1. The van der Waals surface area contributed by atoms with Crippen LogP contribution in [0.4, 0.5) is 0 Å². The van der Waals surface area contributed by atoms with Crippen molar-refractivity contribution in [1.82, 2.24) is 0 Å². The van der Waals surface area contributed by atoms with E-state index in [9.17, 15) is 5.11 Å². The molecule has 0 radical (unpaired) electrons. The Morgan fingerprint density at radius 3 is 2.67 bits per heavy atom. The third kappa shape index (κ3) is 1.87. The van der Waals surface area contributed by atoms with Gasteiger partial charge in [0.25, 0.3) is 0 Å². The topological polar surface area (TPSA) is 20.2 Å². The molecule has 1 nitrogen and oxygen atoms in total. The fourth-order valence-electron chi connectivity index (χ4n) is 3.22. The van der Waals surface area contributed by atoms with Crippen LogP contribution in [0.2, 0.25) is 0 Å². The molecule has 0 saturated heterocycles. The Balaban J connectivity index is 2.03. The second-order valence-corrected chi connectivity index (χ2v) is 7.18. The summed E-state index contributed by atoms with van der Waals surface area (Å²) < 4.78 is 0. The number of aliphatic hydroxyl groups is 1. The van der Waals surface area contributed by atoms with Crippen molar-refractivity contribution in [3.63, 3.8) is 0 Å². The number of rotatable bonds is 3. The van der Waals surface area contributed by atoms with Crippen molar-refractivity contribution in [3.8, 4) is 0 Å². The van der Waals surface area contributed by atoms with E-state index in [1.807, 2.05) is 24.8 Å². The van der Waals surface area contributed by atoms with Crippen LogP contribution in [-0.2, 0) is 0 Å². The van der Waals surface area contributed by atoms with Gasteiger partial charge in [-0.15, -0.1) is 6.58 Å². The van der Waals surface area contributed by atoms with Crippen LogP contribution in [0.1, 0.15) is 33.6 Å². The van der Waals surface area contributed by atoms with Crippen molar-refractivity contribution < 1.29 is 5.11 Å². The van der Waals surface area contributed by atoms with E-state index in [0.29, 0.717) is 10.7 Å². The number of hydrogen-bond acceptors (Lipinski definition) is 2. The normalized spacial score (nSPS) is 47.1. The first-order valence-electron chi connectivity index (χ1n) is 5.84. The van der Waals surface area contributed by atoms with Gasteiger partial charge in [0, 0.05) is 11.0 Å². The minimum absolute atomic E-state index is 0.401. The van der Waals surface area contributed by atoms with Gasteiger partial charge in [-0.3, -0.25) is 0 Å². The van der Waals surface area contributed by atoms with Crippen LogP contribution in [0.5, 0.6) is 0 Å². The molecule has 1 N–H and O–H groups in total. The summed E-state index contributed by atoms with van der Waals surface area (Å²) >= 11 is 1.87. The minimum atomic E-state index is -0.470. The zero-order valence-corrected chi connectivity index (χ0v) is 10.8. The number of thioether (sulfide) groups is 1. The first-order chi connectivity index (χ1) is 6.89. The lowest BCUT2D eigenvalue weighted by Gasteiger charge is -2.36. The zero-order valence-electron chi connectivity index (χ0n) is 9.99. The molecular formula is C13H22OS. The molecule has 2 aliphatic carbocycles. The van der Waals surface area contributed by atoms with Gasteiger partial charge in [-0.05, 0) is 37.0 Å². The molecule has 0 aliphatic heterocycles. The van der Waals surface area contributed by atoms with Gasteiger partial charge in [-0.2, -0.15) is 11.8 Å². The zero-order chi connectivity index (χ0) is 11.3. The van der Waals surface area contributed by atoms with Crippen molar-refractivity contribution >= 4 is 11.8 Å². The summed E-state index contributed by atoms with van der Waals surface area (Å²) in [6.07, 6.45) is 4.10. The molecule has 2 heteroatoms. The average Bonchev–Trinajstić information content (AvgIpc) is 2.62. The highest BCUT2D eigenvalue weighted by molar-refractivity contribution is 8.00. The fourth-order valence-corrected chi connectivity index (χ4v) is 4.39. The van der Waals surface area contributed by atoms with Crippen LogP contribution >= 0.6 is 11.8 Å². The highest BCUT2D eigenvalue weighted by atomic mass is 32.2. The molecular weight excluding hydrogens is 204 g/mol.